The molecule has 2 aromatic carbocycles. The molecule has 0 bridgehead atoms. The number of carbonyl (C=O) groups is 2. The molecule has 2 aromatic rings. The van der Waals surface area contributed by atoms with Crippen molar-refractivity contribution >= 4 is 29.4 Å². The first-order valence-electron chi connectivity index (χ1n) is 7.61. The fourth-order valence-corrected chi connectivity index (χ4v) is 2.79. The van der Waals surface area contributed by atoms with E-state index in [1.165, 1.54) is 0 Å². The molecule has 0 heterocycles. The van der Waals surface area contributed by atoms with Crippen molar-refractivity contribution in [3.63, 3.8) is 0 Å². The number of hydrogen-bond donors (Lipinski definition) is 1. The molecule has 0 unspecified atom stereocenters. The molecule has 0 aliphatic carbocycles. The zero-order valence-corrected chi connectivity index (χ0v) is 15.2. The molecule has 29 heavy (non-hydrogen) atoms. The molecule has 0 fully saturated rings. The Bertz CT molecular complexity index is 920. The Morgan fingerprint density at radius 3 is 2.14 bits per heavy atom. The smallest absolute Gasteiger partial charge is 0.294 e. The summed E-state index contributed by atoms with van der Waals surface area (Å²) in [6, 6.07) is 3.50. The number of carbonyl (C=O) groups excluding carboxylic acids is 2. The van der Waals surface area contributed by atoms with Crippen molar-refractivity contribution < 1.29 is 40.3 Å². The van der Waals surface area contributed by atoms with Gasteiger partial charge in [0, 0.05) is 11.9 Å². The van der Waals surface area contributed by atoms with Crippen LogP contribution in [-0.4, -0.2) is 30.7 Å². The molecule has 3 amide bonds. The van der Waals surface area contributed by atoms with Gasteiger partial charge in [-0.25, -0.2) is 26.7 Å². The average molecular weight is 440 g/mol. The summed E-state index contributed by atoms with van der Waals surface area (Å²) in [7, 11) is 0.985. The van der Waals surface area contributed by atoms with Gasteiger partial charge in [0.25, 0.3) is 5.91 Å². The monoisotopic (exact) mass is 440 g/mol. The average Bonchev–Trinajstić information content (AvgIpc) is 2.60. The van der Waals surface area contributed by atoms with Crippen LogP contribution in [0.1, 0.15) is 10.4 Å². The maximum atomic E-state index is 14.2. The highest BCUT2D eigenvalue weighted by molar-refractivity contribution is 8.00. The van der Waals surface area contributed by atoms with Crippen molar-refractivity contribution in [3.05, 3.63) is 59.4 Å². The first-order chi connectivity index (χ1) is 13.4. The van der Waals surface area contributed by atoms with Crippen LogP contribution in [0, 0.1) is 17.5 Å². The molecule has 0 atom stereocenters. The second-order valence-electron chi connectivity index (χ2n) is 5.49. The van der Waals surface area contributed by atoms with Crippen LogP contribution in [0.5, 0.6) is 0 Å². The SMILES string of the molecule is CN(C(=O)NC(=O)c1c(F)cccc1F)c1ccc(SC(F)(F)C(F)F)cc1F. The quantitative estimate of drug-likeness (QED) is 0.524. The van der Waals surface area contributed by atoms with E-state index >= 15 is 0 Å². The zero-order chi connectivity index (χ0) is 21.9. The molecule has 0 aliphatic rings. The lowest BCUT2D eigenvalue weighted by atomic mass is 10.2. The van der Waals surface area contributed by atoms with Crippen LogP contribution < -0.4 is 10.2 Å². The summed E-state index contributed by atoms with van der Waals surface area (Å²) in [5.41, 5.74) is -1.54. The Kier molecular flexibility index (Phi) is 6.77. The number of imide groups is 1. The summed E-state index contributed by atoms with van der Waals surface area (Å²) in [6.45, 7) is 0. The van der Waals surface area contributed by atoms with Crippen LogP contribution in [0.3, 0.4) is 0 Å². The molecule has 0 spiro atoms. The van der Waals surface area contributed by atoms with E-state index < -0.39 is 69.0 Å². The number of hydrogen-bond acceptors (Lipinski definition) is 3. The highest BCUT2D eigenvalue weighted by atomic mass is 32.2. The predicted octanol–water partition coefficient (Wildman–Crippen LogP) is 5.04. The van der Waals surface area contributed by atoms with Gasteiger partial charge in [-0.05, 0) is 42.1 Å². The minimum Gasteiger partial charge on any atom is -0.294 e. The van der Waals surface area contributed by atoms with Gasteiger partial charge in [-0.15, -0.1) is 0 Å². The maximum Gasteiger partial charge on any atom is 0.357 e. The van der Waals surface area contributed by atoms with Crippen LogP contribution in [0.25, 0.3) is 0 Å². The fraction of sp³-hybridized carbons (Fsp3) is 0.176. The zero-order valence-electron chi connectivity index (χ0n) is 14.4. The van der Waals surface area contributed by atoms with Crippen molar-refractivity contribution in [1.82, 2.24) is 5.32 Å². The van der Waals surface area contributed by atoms with Crippen LogP contribution in [0.2, 0.25) is 0 Å². The minimum atomic E-state index is -4.45. The summed E-state index contributed by atoms with van der Waals surface area (Å²) < 4.78 is 91.8. The number of nitrogens with one attached hydrogen (secondary N) is 1. The van der Waals surface area contributed by atoms with Crippen molar-refractivity contribution in [3.8, 4) is 0 Å². The Morgan fingerprint density at radius 2 is 1.62 bits per heavy atom. The first-order valence-corrected chi connectivity index (χ1v) is 8.43. The van der Waals surface area contributed by atoms with Crippen LogP contribution in [0.4, 0.5) is 41.2 Å². The van der Waals surface area contributed by atoms with Crippen LogP contribution in [0.15, 0.2) is 41.3 Å². The van der Waals surface area contributed by atoms with Crippen LogP contribution >= 0.6 is 11.8 Å². The molecule has 2 rings (SSSR count). The lowest BCUT2D eigenvalue weighted by Crippen LogP contribution is -2.41. The third-order valence-electron chi connectivity index (χ3n) is 3.50. The molecule has 156 valence electrons. The van der Waals surface area contributed by atoms with E-state index in [4.69, 9.17) is 0 Å². The molecule has 0 aromatic heterocycles. The number of alkyl halides is 4. The third kappa shape index (κ3) is 5.19. The highest BCUT2D eigenvalue weighted by Gasteiger charge is 2.42. The minimum absolute atomic E-state index is 0.498. The van der Waals surface area contributed by atoms with Gasteiger partial charge in [-0.1, -0.05) is 6.07 Å². The molecule has 12 heteroatoms. The Hall–Kier alpha value is -2.76. The summed E-state index contributed by atoms with van der Waals surface area (Å²) in [5, 5.41) is -2.80. The normalized spacial score (nSPS) is 11.5. The number of rotatable bonds is 5. The van der Waals surface area contributed by atoms with E-state index in [-0.39, 0.29) is 0 Å². The van der Waals surface area contributed by atoms with Gasteiger partial charge in [0.1, 0.15) is 23.0 Å². The number of thioether (sulfide) groups is 1. The number of halogens is 7. The number of amides is 3. The van der Waals surface area contributed by atoms with Gasteiger partial charge in [0.2, 0.25) is 0 Å². The standard InChI is InChI=1S/C17H11F7N2O2S/c1-26(16(28)25-14(27)13-9(18)3-2-4-10(13)19)12-6-5-8(7-11(12)20)29-17(23,24)15(21)22/h2-7,15H,1H3,(H,25,27,28). The molecule has 0 radical (unpaired) electrons. The van der Waals surface area contributed by atoms with E-state index in [1.54, 1.807) is 5.32 Å². The molecule has 0 aliphatic heterocycles. The van der Waals surface area contributed by atoms with Gasteiger partial charge < -0.3 is 0 Å². The molecule has 4 nitrogen and oxygen atoms in total. The molecule has 0 saturated heterocycles. The lowest BCUT2D eigenvalue weighted by Gasteiger charge is -2.19. The number of nitrogens with zero attached hydrogens (tertiary/aromatic N) is 1. The van der Waals surface area contributed by atoms with Gasteiger partial charge in [-0.2, -0.15) is 8.78 Å². The van der Waals surface area contributed by atoms with Gasteiger partial charge in [-0.3, -0.25) is 15.0 Å². The third-order valence-corrected chi connectivity index (χ3v) is 4.44. The summed E-state index contributed by atoms with van der Waals surface area (Å²) in [5.74, 6) is -5.13. The van der Waals surface area contributed by atoms with Gasteiger partial charge in [0.15, 0.2) is 0 Å². The second kappa shape index (κ2) is 8.72. The Balaban J connectivity index is 2.16. The second-order valence-corrected chi connectivity index (χ2v) is 6.71. The van der Waals surface area contributed by atoms with E-state index in [0.717, 1.165) is 37.4 Å². The number of anilines is 1. The van der Waals surface area contributed by atoms with Crippen molar-refractivity contribution in [2.75, 3.05) is 11.9 Å². The largest absolute Gasteiger partial charge is 0.357 e. The maximum absolute atomic E-state index is 14.2. The lowest BCUT2D eigenvalue weighted by molar-refractivity contribution is -0.0563. The summed E-state index contributed by atoms with van der Waals surface area (Å²) in [6.07, 6.45) is -3.98. The fourth-order valence-electron chi connectivity index (χ4n) is 2.09. The van der Waals surface area contributed by atoms with Crippen molar-refractivity contribution in [2.45, 2.75) is 16.6 Å². The topological polar surface area (TPSA) is 49.4 Å². The first kappa shape index (κ1) is 22.5. The number of benzene rings is 2. The van der Waals surface area contributed by atoms with E-state index in [9.17, 15) is 40.3 Å². The number of urea groups is 1. The molecule has 0 saturated carbocycles. The molecular weight excluding hydrogens is 429 g/mol. The van der Waals surface area contributed by atoms with Crippen molar-refractivity contribution in [2.24, 2.45) is 0 Å². The van der Waals surface area contributed by atoms with Gasteiger partial charge >= 0.3 is 17.7 Å². The predicted molar refractivity (Wildman–Crippen MR) is 90.8 cm³/mol. The van der Waals surface area contributed by atoms with E-state index in [2.05, 4.69) is 0 Å². The highest BCUT2D eigenvalue weighted by Crippen LogP contribution is 2.41. The molecule has 1 N–H and O–H groups in total. The Morgan fingerprint density at radius 1 is 1.03 bits per heavy atom. The summed E-state index contributed by atoms with van der Waals surface area (Å²) in [4.78, 5) is 24.0. The van der Waals surface area contributed by atoms with Crippen molar-refractivity contribution in [1.29, 1.82) is 0 Å². The van der Waals surface area contributed by atoms with E-state index in [1.807, 2.05) is 0 Å². The van der Waals surface area contributed by atoms with Gasteiger partial charge in [0.05, 0.1) is 5.69 Å². The van der Waals surface area contributed by atoms with E-state index in [0.29, 0.717) is 11.0 Å². The summed E-state index contributed by atoms with van der Waals surface area (Å²) >= 11 is -0.572. The Labute approximate surface area is 163 Å². The molecular formula is C17H11F7N2O2S. The van der Waals surface area contributed by atoms with Crippen LogP contribution in [-0.2, 0) is 0 Å².